The molecule has 1 aliphatic rings. The Bertz CT molecular complexity index is 1160. The van der Waals surface area contributed by atoms with Crippen molar-refractivity contribution in [2.45, 2.75) is 12.8 Å². The van der Waals surface area contributed by atoms with Crippen LogP contribution in [0.3, 0.4) is 0 Å². The first-order valence-electron chi connectivity index (χ1n) is 10.3. The molecule has 4 rings (SSSR count). The Morgan fingerprint density at radius 1 is 1.18 bits per heavy atom. The molecular weight excluding hydrogens is 450 g/mol. The number of allylic oxidation sites excluding steroid dienone is 1. The minimum absolute atomic E-state index is 0.0541. The molecule has 8 heteroatoms. The van der Waals surface area contributed by atoms with Gasteiger partial charge in [0.2, 0.25) is 0 Å². The summed E-state index contributed by atoms with van der Waals surface area (Å²) in [6.45, 7) is 5.52. The van der Waals surface area contributed by atoms with E-state index >= 15 is 4.39 Å². The first kappa shape index (κ1) is 24.6. The molecule has 1 atom stereocenters. The van der Waals surface area contributed by atoms with E-state index in [1.54, 1.807) is 24.3 Å². The van der Waals surface area contributed by atoms with E-state index < -0.39 is 11.6 Å². The lowest BCUT2D eigenvalue weighted by Gasteiger charge is -2.30. The zero-order valence-corrected chi connectivity index (χ0v) is 19.3. The van der Waals surface area contributed by atoms with Crippen LogP contribution in [0.2, 0.25) is 5.02 Å². The minimum atomic E-state index is -0.798. The van der Waals surface area contributed by atoms with Gasteiger partial charge in [0, 0.05) is 40.4 Å². The summed E-state index contributed by atoms with van der Waals surface area (Å²) in [6.07, 6.45) is 1.42. The maximum Gasteiger partial charge on any atom is 0.251 e. The summed E-state index contributed by atoms with van der Waals surface area (Å²) < 4.78 is 41.3. The highest BCUT2D eigenvalue weighted by Crippen LogP contribution is 2.54. The first-order valence-corrected chi connectivity index (χ1v) is 10.7. The number of aliphatic hydroxyl groups is 1. The molecular formula is C25H25ClF2N2O3. The number of para-hydroxylation sites is 1. The van der Waals surface area contributed by atoms with E-state index in [9.17, 15) is 4.39 Å². The highest BCUT2D eigenvalue weighted by atomic mass is 35.5. The van der Waals surface area contributed by atoms with Crippen molar-refractivity contribution in [1.29, 1.82) is 0 Å². The van der Waals surface area contributed by atoms with Crippen LogP contribution in [-0.4, -0.2) is 37.4 Å². The lowest BCUT2D eigenvalue weighted by atomic mass is 9.76. The second-order valence-corrected chi connectivity index (χ2v) is 7.74. The Labute approximate surface area is 196 Å². The minimum Gasteiger partial charge on any atom is -0.473 e. The third-order valence-corrected chi connectivity index (χ3v) is 5.43. The zero-order chi connectivity index (χ0) is 24.1. The molecule has 0 saturated heterocycles. The summed E-state index contributed by atoms with van der Waals surface area (Å²) in [7, 11) is 3.75. The number of ether oxygens (including phenoxy) is 2. The molecule has 0 unspecified atom stereocenters. The van der Waals surface area contributed by atoms with Crippen molar-refractivity contribution < 1.29 is 23.4 Å². The number of hydrogen-bond donors (Lipinski definition) is 2. The number of benzene rings is 2. The molecule has 2 N–H and O–H groups in total. The summed E-state index contributed by atoms with van der Waals surface area (Å²) in [4.78, 5) is 3.99. The highest BCUT2D eigenvalue weighted by Gasteiger charge is 2.35. The molecule has 2 aromatic carbocycles. The van der Waals surface area contributed by atoms with Crippen LogP contribution in [0.25, 0.3) is 16.7 Å². The number of pyridine rings is 1. The van der Waals surface area contributed by atoms with Gasteiger partial charge in [-0.15, -0.1) is 0 Å². The van der Waals surface area contributed by atoms with Crippen LogP contribution in [0.5, 0.6) is 17.4 Å². The van der Waals surface area contributed by atoms with Crippen molar-refractivity contribution in [3.05, 3.63) is 77.0 Å². The number of nitrogens with zero attached hydrogens (tertiary/aromatic N) is 1. The highest BCUT2D eigenvalue weighted by molar-refractivity contribution is 6.34. The molecule has 1 heterocycles. The second-order valence-electron chi connectivity index (χ2n) is 7.36. The molecule has 1 aromatic heterocycles. The van der Waals surface area contributed by atoms with E-state index in [0.29, 0.717) is 22.4 Å². The molecule has 174 valence electrons. The molecule has 0 spiro atoms. The van der Waals surface area contributed by atoms with Crippen LogP contribution >= 0.6 is 11.6 Å². The Balaban J connectivity index is 0.000000968. The number of fused-ring (bicyclic) bond motifs is 3. The van der Waals surface area contributed by atoms with Crippen molar-refractivity contribution in [2.75, 3.05) is 27.3 Å². The number of rotatable bonds is 5. The summed E-state index contributed by atoms with van der Waals surface area (Å²) in [5, 5.41) is 11.5. The van der Waals surface area contributed by atoms with E-state index in [1.165, 1.54) is 12.3 Å². The fourth-order valence-corrected chi connectivity index (χ4v) is 3.85. The van der Waals surface area contributed by atoms with E-state index in [4.69, 9.17) is 26.2 Å². The van der Waals surface area contributed by atoms with Crippen LogP contribution in [-0.2, 0) is 0 Å². The summed E-state index contributed by atoms with van der Waals surface area (Å²) in [5.41, 5.74) is 1.78. The lowest BCUT2D eigenvalue weighted by Crippen LogP contribution is -2.14. The smallest absolute Gasteiger partial charge is 0.251 e. The van der Waals surface area contributed by atoms with Crippen LogP contribution in [0, 0.1) is 11.6 Å². The largest absolute Gasteiger partial charge is 0.473 e. The van der Waals surface area contributed by atoms with E-state index in [1.807, 2.05) is 27.1 Å². The van der Waals surface area contributed by atoms with Crippen LogP contribution < -0.4 is 14.8 Å². The van der Waals surface area contributed by atoms with Gasteiger partial charge in [0.15, 0.2) is 5.82 Å². The van der Waals surface area contributed by atoms with E-state index in [2.05, 4.69) is 16.9 Å². The molecule has 0 bridgehead atoms. The average molecular weight is 475 g/mol. The average Bonchev–Trinajstić information content (AvgIpc) is 2.80. The predicted molar refractivity (Wildman–Crippen MR) is 126 cm³/mol. The molecule has 1 aliphatic carbocycles. The molecule has 0 radical (unpaired) electrons. The number of hydrogen-bond acceptors (Lipinski definition) is 5. The number of aliphatic hydroxyl groups excluding tert-OH is 1. The quantitative estimate of drug-likeness (QED) is 0.488. The second kappa shape index (κ2) is 10.7. The Hall–Kier alpha value is -3.00. The zero-order valence-electron chi connectivity index (χ0n) is 18.6. The van der Waals surface area contributed by atoms with Gasteiger partial charge in [-0.3, -0.25) is 0 Å². The fourth-order valence-electron chi connectivity index (χ4n) is 3.60. The Kier molecular flexibility index (Phi) is 8.02. The molecule has 3 aromatic rings. The van der Waals surface area contributed by atoms with Crippen molar-refractivity contribution >= 4 is 17.2 Å². The lowest BCUT2D eigenvalue weighted by molar-refractivity contribution is 0.191. The van der Waals surface area contributed by atoms with Crippen molar-refractivity contribution in [2.24, 2.45) is 0 Å². The van der Waals surface area contributed by atoms with Crippen molar-refractivity contribution in [3.8, 4) is 28.5 Å². The van der Waals surface area contributed by atoms with Crippen molar-refractivity contribution in [3.63, 3.8) is 0 Å². The van der Waals surface area contributed by atoms with Gasteiger partial charge in [-0.05, 0) is 31.8 Å². The van der Waals surface area contributed by atoms with Gasteiger partial charge in [-0.2, -0.15) is 0 Å². The van der Waals surface area contributed by atoms with Gasteiger partial charge in [0.1, 0.15) is 23.9 Å². The van der Waals surface area contributed by atoms with Gasteiger partial charge < -0.3 is 19.9 Å². The fraction of sp³-hybridized carbons (Fsp3) is 0.240. The monoisotopic (exact) mass is 474 g/mol. The molecule has 0 saturated carbocycles. The number of halogens is 3. The predicted octanol–water partition coefficient (Wildman–Crippen LogP) is 5.81. The van der Waals surface area contributed by atoms with Gasteiger partial charge in [-0.25, -0.2) is 13.8 Å². The third-order valence-electron chi connectivity index (χ3n) is 5.06. The maximum atomic E-state index is 15.4. The number of nitrogens with one attached hydrogen (secondary N) is 1. The van der Waals surface area contributed by atoms with Gasteiger partial charge >= 0.3 is 0 Å². The van der Waals surface area contributed by atoms with E-state index in [-0.39, 0.29) is 46.9 Å². The maximum absolute atomic E-state index is 15.4. The Morgan fingerprint density at radius 3 is 2.48 bits per heavy atom. The van der Waals surface area contributed by atoms with Crippen LogP contribution in [0.15, 0.2) is 49.2 Å². The summed E-state index contributed by atoms with van der Waals surface area (Å²) in [6, 6.07) is 10.1. The summed E-state index contributed by atoms with van der Waals surface area (Å²) >= 11 is 6.33. The topological polar surface area (TPSA) is 63.6 Å². The molecule has 0 amide bonds. The number of aromatic nitrogens is 1. The molecule has 33 heavy (non-hydrogen) atoms. The molecule has 5 nitrogen and oxygen atoms in total. The van der Waals surface area contributed by atoms with E-state index in [0.717, 1.165) is 0 Å². The first-order chi connectivity index (χ1) is 15.8. The SMILES string of the molecule is C=C1c2cnc(OCCO)c(F)c2-c2c(Cl)c(F)cc(Oc3ccccc3)c2[C@H]1C.CNC. The van der Waals surface area contributed by atoms with Crippen molar-refractivity contribution in [1.82, 2.24) is 10.3 Å². The molecule has 0 fully saturated rings. The Morgan fingerprint density at radius 2 is 1.85 bits per heavy atom. The summed E-state index contributed by atoms with van der Waals surface area (Å²) in [5.74, 6) is -1.43. The molecule has 0 aliphatic heterocycles. The van der Waals surface area contributed by atoms with Gasteiger partial charge in [0.25, 0.3) is 5.88 Å². The van der Waals surface area contributed by atoms with Crippen LogP contribution in [0.4, 0.5) is 8.78 Å². The van der Waals surface area contributed by atoms with Crippen LogP contribution in [0.1, 0.15) is 24.0 Å². The third kappa shape index (κ3) is 4.85. The normalized spacial score (nSPS) is 14.0. The standard InChI is InChI=1S/C23H18ClF2NO3.C2H7N/c1-12-13(2)18-17(30-14-6-4-3-5-7-14)10-16(25)21(24)20(18)19-15(12)11-27-23(22(19)26)29-9-8-28;1-3-2/h3-7,10-11,13,28H,1,8-9H2,2H3;3H,1-2H3/t13-;/m0./s1. The van der Waals surface area contributed by atoms with Gasteiger partial charge in [0.05, 0.1) is 11.6 Å². The van der Waals surface area contributed by atoms with Gasteiger partial charge in [-0.1, -0.05) is 43.3 Å².